The number of pyridine rings is 2. The first-order valence-electron chi connectivity index (χ1n) is 9.33. The monoisotopic (exact) mass is 366 g/mol. The van der Waals surface area contributed by atoms with Crippen molar-refractivity contribution in [1.82, 2.24) is 19.9 Å². The Kier molecular flexibility index (Phi) is 4.49. The minimum Gasteiger partial charge on any atom is -0.474 e. The maximum atomic E-state index is 6.06. The van der Waals surface area contributed by atoms with E-state index in [0.717, 1.165) is 48.5 Å². The average molecular weight is 366 g/mol. The summed E-state index contributed by atoms with van der Waals surface area (Å²) in [6.45, 7) is 4.40. The SMILES string of the molecule is c1cnc2cc(-c3ccn(C4COC4)c3)nc(OC[C@@H]3CNCCO3)c2c1. The molecule has 140 valence electrons. The Hall–Kier alpha value is -2.48. The van der Waals surface area contributed by atoms with Crippen LogP contribution in [0, 0.1) is 0 Å². The van der Waals surface area contributed by atoms with Crippen LogP contribution in [0.15, 0.2) is 42.9 Å². The minimum absolute atomic E-state index is 0.0376. The number of nitrogens with one attached hydrogen (secondary N) is 1. The van der Waals surface area contributed by atoms with Crippen LogP contribution < -0.4 is 10.1 Å². The number of rotatable bonds is 5. The lowest BCUT2D eigenvalue weighted by atomic mass is 10.1. The highest BCUT2D eigenvalue weighted by molar-refractivity contribution is 5.86. The van der Waals surface area contributed by atoms with E-state index < -0.39 is 0 Å². The molecule has 0 saturated carbocycles. The first kappa shape index (κ1) is 16.7. The summed E-state index contributed by atoms with van der Waals surface area (Å²) in [7, 11) is 0. The zero-order valence-corrected chi connectivity index (χ0v) is 15.0. The van der Waals surface area contributed by atoms with E-state index in [-0.39, 0.29) is 6.10 Å². The Morgan fingerprint density at radius 2 is 2.26 bits per heavy atom. The molecule has 3 aromatic heterocycles. The summed E-state index contributed by atoms with van der Waals surface area (Å²) in [5.74, 6) is 0.601. The molecule has 0 aromatic carbocycles. The van der Waals surface area contributed by atoms with Gasteiger partial charge in [-0.05, 0) is 24.3 Å². The van der Waals surface area contributed by atoms with E-state index >= 15 is 0 Å². The summed E-state index contributed by atoms with van der Waals surface area (Å²) < 4.78 is 19.3. The van der Waals surface area contributed by atoms with E-state index in [2.05, 4.69) is 33.3 Å². The van der Waals surface area contributed by atoms with Crippen molar-refractivity contribution in [3.63, 3.8) is 0 Å². The van der Waals surface area contributed by atoms with Gasteiger partial charge in [0.2, 0.25) is 5.88 Å². The van der Waals surface area contributed by atoms with E-state index in [1.165, 1.54) is 0 Å². The van der Waals surface area contributed by atoms with Gasteiger partial charge in [-0.15, -0.1) is 0 Å². The van der Waals surface area contributed by atoms with Crippen LogP contribution in [0.25, 0.3) is 22.2 Å². The summed E-state index contributed by atoms with van der Waals surface area (Å²) in [6, 6.07) is 8.41. The Morgan fingerprint density at radius 3 is 3.07 bits per heavy atom. The van der Waals surface area contributed by atoms with Gasteiger partial charge in [0.25, 0.3) is 0 Å². The van der Waals surface area contributed by atoms with E-state index in [1.807, 2.05) is 18.2 Å². The number of hydrogen-bond acceptors (Lipinski definition) is 6. The molecule has 0 unspecified atom stereocenters. The lowest BCUT2D eigenvalue weighted by Gasteiger charge is -2.27. The van der Waals surface area contributed by atoms with Crippen molar-refractivity contribution in [3.05, 3.63) is 42.9 Å². The number of fused-ring (bicyclic) bond motifs is 1. The lowest BCUT2D eigenvalue weighted by molar-refractivity contribution is -0.0231. The van der Waals surface area contributed by atoms with Crippen LogP contribution in [-0.4, -0.2) is 60.2 Å². The van der Waals surface area contributed by atoms with Crippen LogP contribution in [0.4, 0.5) is 0 Å². The molecule has 5 heterocycles. The van der Waals surface area contributed by atoms with E-state index in [1.54, 1.807) is 6.20 Å². The van der Waals surface area contributed by atoms with Gasteiger partial charge >= 0.3 is 0 Å². The fraction of sp³-hybridized carbons (Fsp3) is 0.400. The lowest BCUT2D eigenvalue weighted by Crippen LogP contribution is -2.41. The van der Waals surface area contributed by atoms with Gasteiger partial charge in [-0.25, -0.2) is 4.98 Å². The van der Waals surface area contributed by atoms with Gasteiger partial charge in [-0.2, -0.15) is 0 Å². The van der Waals surface area contributed by atoms with Crippen LogP contribution >= 0.6 is 0 Å². The molecule has 1 N–H and O–H groups in total. The molecule has 2 fully saturated rings. The van der Waals surface area contributed by atoms with Crippen LogP contribution in [0.2, 0.25) is 0 Å². The highest BCUT2D eigenvalue weighted by atomic mass is 16.5. The molecule has 7 heteroatoms. The third-order valence-electron chi connectivity index (χ3n) is 5.03. The van der Waals surface area contributed by atoms with E-state index in [0.29, 0.717) is 25.1 Å². The van der Waals surface area contributed by atoms with Crippen molar-refractivity contribution in [1.29, 1.82) is 0 Å². The van der Waals surface area contributed by atoms with Crippen molar-refractivity contribution in [2.75, 3.05) is 39.5 Å². The molecule has 2 aliphatic heterocycles. The predicted molar refractivity (Wildman–Crippen MR) is 101 cm³/mol. The fourth-order valence-corrected chi connectivity index (χ4v) is 3.39. The van der Waals surface area contributed by atoms with E-state index in [4.69, 9.17) is 19.2 Å². The van der Waals surface area contributed by atoms with Crippen molar-refractivity contribution in [2.24, 2.45) is 0 Å². The first-order chi connectivity index (χ1) is 13.4. The van der Waals surface area contributed by atoms with Gasteiger partial charge in [-0.1, -0.05) is 0 Å². The molecule has 27 heavy (non-hydrogen) atoms. The Morgan fingerprint density at radius 1 is 1.30 bits per heavy atom. The van der Waals surface area contributed by atoms with Crippen molar-refractivity contribution in [2.45, 2.75) is 12.1 Å². The van der Waals surface area contributed by atoms with E-state index in [9.17, 15) is 0 Å². The van der Waals surface area contributed by atoms with Crippen molar-refractivity contribution in [3.8, 4) is 17.1 Å². The third kappa shape index (κ3) is 3.41. The molecular weight excluding hydrogens is 344 g/mol. The number of hydrogen-bond donors (Lipinski definition) is 1. The van der Waals surface area contributed by atoms with Gasteiger partial charge in [-0.3, -0.25) is 4.98 Å². The van der Waals surface area contributed by atoms with Crippen LogP contribution in [0.1, 0.15) is 6.04 Å². The molecule has 0 amide bonds. The molecule has 2 aliphatic rings. The quantitative estimate of drug-likeness (QED) is 0.745. The highest BCUT2D eigenvalue weighted by Gasteiger charge is 2.21. The zero-order chi connectivity index (χ0) is 18.1. The number of morpholine rings is 1. The van der Waals surface area contributed by atoms with Gasteiger partial charge in [0.05, 0.1) is 42.5 Å². The average Bonchev–Trinajstić information content (AvgIpc) is 3.15. The Labute approximate surface area is 157 Å². The number of aromatic nitrogens is 3. The Bertz CT molecular complexity index is 932. The standard InChI is InChI=1S/C20H22N4O3/c1-2-17-19(22-4-1)8-18(14-3-6-24(10-14)15-11-25-12-15)23-20(17)27-13-16-9-21-5-7-26-16/h1-4,6,8,10,15-16,21H,5,7,9,11-13H2/t16-/m0/s1. The molecule has 0 spiro atoms. The van der Waals surface area contributed by atoms with Gasteiger partial charge < -0.3 is 24.1 Å². The summed E-state index contributed by atoms with van der Waals surface area (Å²) in [5.41, 5.74) is 2.78. The maximum Gasteiger partial charge on any atom is 0.223 e. The second-order valence-electron chi connectivity index (χ2n) is 6.93. The largest absolute Gasteiger partial charge is 0.474 e. The summed E-state index contributed by atoms with van der Waals surface area (Å²) >= 11 is 0. The molecule has 0 aliphatic carbocycles. The topological polar surface area (TPSA) is 70.4 Å². The highest BCUT2D eigenvalue weighted by Crippen LogP contribution is 2.30. The smallest absolute Gasteiger partial charge is 0.223 e. The molecule has 1 atom stereocenters. The summed E-state index contributed by atoms with van der Waals surface area (Å²) in [5, 5.41) is 4.23. The van der Waals surface area contributed by atoms with Crippen LogP contribution in [0.5, 0.6) is 5.88 Å². The maximum absolute atomic E-state index is 6.06. The second-order valence-corrected chi connectivity index (χ2v) is 6.93. The van der Waals surface area contributed by atoms with Gasteiger partial charge in [0.1, 0.15) is 12.7 Å². The Balaban J connectivity index is 1.44. The van der Waals surface area contributed by atoms with Crippen LogP contribution in [0.3, 0.4) is 0 Å². The minimum atomic E-state index is 0.0376. The number of ether oxygens (including phenoxy) is 3. The molecular formula is C20H22N4O3. The third-order valence-corrected chi connectivity index (χ3v) is 5.03. The predicted octanol–water partition coefficient (Wildman–Crippen LogP) is 2.04. The fourth-order valence-electron chi connectivity index (χ4n) is 3.39. The molecule has 5 rings (SSSR count). The second kappa shape index (κ2) is 7.26. The van der Waals surface area contributed by atoms with Crippen molar-refractivity contribution >= 4 is 10.9 Å². The normalized spacial score (nSPS) is 20.5. The molecule has 0 bridgehead atoms. The van der Waals surface area contributed by atoms with Crippen LogP contribution in [-0.2, 0) is 9.47 Å². The van der Waals surface area contributed by atoms with Gasteiger partial charge in [0.15, 0.2) is 0 Å². The number of nitrogens with zero attached hydrogens (tertiary/aromatic N) is 3. The zero-order valence-electron chi connectivity index (χ0n) is 15.0. The molecule has 7 nitrogen and oxygen atoms in total. The van der Waals surface area contributed by atoms with Crippen molar-refractivity contribution < 1.29 is 14.2 Å². The molecule has 3 aromatic rings. The summed E-state index contributed by atoms with van der Waals surface area (Å²) in [4.78, 5) is 9.29. The first-order valence-corrected chi connectivity index (χ1v) is 9.33. The summed E-state index contributed by atoms with van der Waals surface area (Å²) in [6.07, 6.45) is 6.02. The van der Waals surface area contributed by atoms with Gasteiger partial charge in [0, 0.05) is 37.2 Å². The molecule has 0 radical (unpaired) electrons. The molecule has 2 saturated heterocycles.